The highest BCUT2D eigenvalue weighted by Gasteiger charge is 2.08. The Hall–Kier alpha value is -2.04. The topological polar surface area (TPSA) is 35.0 Å². The van der Waals surface area contributed by atoms with Crippen LogP contribution in [0, 0.1) is 6.92 Å². The van der Waals surface area contributed by atoms with Gasteiger partial charge in [0.15, 0.2) is 0 Å². The fourth-order valence-corrected chi connectivity index (χ4v) is 1.52. The lowest BCUT2D eigenvalue weighted by atomic mass is 10.0. The highest BCUT2D eigenvalue weighted by Crippen LogP contribution is 2.24. The summed E-state index contributed by atoms with van der Waals surface area (Å²) in [7, 11) is 0. The van der Waals surface area contributed by atoms with Gasteiger partial charge in [0.05, 0.1) is 0 Å². The Morgan fingerprint density at radius 3 is 2.53 bits per heavy atom. The number of ether oxygens (including phenoxy) is 1. The lowest BCUT2D eigenvalue weighted by Crippen LogP contribution is -2.03. The van der Waals surface area contributed by atoms with Crippen LogP contribution in [0.25, 0.3) is 11.1 Å². The molecule has 0 radical (unpaired) electrons. The van der Waals surface area contributed by atoms with Crippen LogP contribution in [-0.2, 0) is 0 Å². The lowest BCUT2D eigenvalue weighted by molar-refractivity contribution is -0.0528. The van der Waals surface area contributed by atoms with Crippen LogP contribution in [0.15, 0.2) is 36.8 Å². The van der Waals surface area contributed by atoms with Crippen molar-refractivity contribution in [2.75, 3.05) is 0 Å². The molecule has 2 aromatic rings. The molecule has 0 aliphatic carbocycles. The third kappa shape index (κ3) is 2.75. The molecule has 0 aromatic carbocycles. The Bertz CT molecular complexity index is 503. The normalized spacial score (nSPS) is 10.6. The smallest absolute Gasteiger partial charge is 0.388 e. The van der Waals surface area contributed by atoms with E-state index in [1.54, 1.807) is 12.4 Å². The minimum Gasteiger partial charge on any atom is -0.417 e. The molecule has 2 rings (SSSR count). The third-order valence-electron chi connectivity index (χ3n) is 2.29. The fraction of sp³-hybridized carbons (Fsp3) is 0.167. The lowest BCUT2D eigenvalue weighted by Gasteiger charge is -2.08. The number of alkyl halides is 2. The monoisotopic (exact) mass is 236 g/mol. The van der Waals surface area contributed by atoms with Crippen LogP contribution < -0.4 is 4.74 Å². The summed E-state index contributed by atoms with van der Waals surface area (Å²) in [4.78, 5) is 7.75. The van der Waals surface area contributed by atoms with E-state index in [0.717, 1.165) is 16.7 Å². The molecule has 0 aliphatic rings. The van der Waals surface area contributed by atoms with Crippen molar-refractivity contribution in [3.8, 4) is 17.0 Å². The maximum atomic E-state index is 12.0. The van der Waals surface area contributed by atoms with Crippen molar-refractivity contribution in [2.45, 2.75) is 13.5 Å². The quantitative estimate of drug-likeness (QED) is 0.821. The molecule has 3 nitrogen and oxygen atoms in total. The van der Waals surface area contributed by atoms with Gasteiger partial charge >= 0.3 is 6.61 Å². The maximum absolute atomic E-state index is 12.0. The summed E-state index contributed by atoms with van der Waals surface area (Å²) < 4.78 is 28.2. The van der Waals surface area contributed by atoms with Crippen LogP contribution in [0.5, 0.6) is 5.88 Å². The van der Waals surface area contributed by atoms with Gasteiger partial charge < -0.3 is 4.74 Å². The molecule has 5 heteroatoms. The molecule has 0 N–H and O–H groups in total. The minimum absolute atomic E-state index is 0.0738. The zero-order chi connectivity index (χ0) is 12.3. The van der Waals surface area contributed by atoms with E-state index < -0.39 is 6.61 Å². The summed E-state index contributed by atoms with van der Waals surface area (Å²) in [5, 5.41) is 0. The van der Waals surface area contributed by atoms with E-state index in [1.165, 1.54) is 12.3 Å². The van der Waals surface area contributed by atoms with Gasteiger partial charge in [-0.1, -0.05) is 0 Å². The Morgan fingerprint density at radius 2 is 1.94 bits per heavy atom. The van der Waals surface area contributed by atoms with Crippen LogP contribution >= 0.6 is 0 Å². The predicted octanol–water partition coefficient (Wildman–Crippen LogP) is 3.05. The van der Waals surface area contributed by atoms with Gasteiger partial charge in [0.25, 0.3) is 0 Å². The zero-order valence-corrected chi connectivity index (χ0v) is 9.10. The van der Waals surface area contributed by atoms with Crippen molar-refractivity contribution >= 4 is 0 Å². The summed E-state index contributed by atoms with van der Waals surface area (Å²) in [5.41, 5.74) is 2.63. The van der Waals surface area contributed by atoms with Gasteiger partial charge in [0.2, 0.25) is 5.88 Å². The first-order valence-corrected chi connectivity index (χ1v) is 4.98. The van der Waals surface area contributed by atoms with Crippen LogP contribution in [-0.4, -0.2) is 16.6 Å². The van der Waals surface area contributed by atoms with Crippen LogP contribution in [0.3, 0.4) is 0 Å². The van der Waals surface area contributed by atoms with E-state index in [-0.39, 0.29) is 5.88 Å². The molecule has 0 atom stereocenters. The molecule has 2 aromatic heterocycles. The number of nitrogens with zero attached hydrogens (tertiary/aromatic N) is 2. The second-order valence-corrected chi connectivity index (χ2v) is 3.45. The van der Waals surface area contributed by atoms with E-state index in [1.807, 2.05) is 19.1 Å². The van der Waals surface area contributed by atoms with Gasteiger partial charge in [-0.15, -0.1) is 0 Å². The van der Waals surface area contributed by atoms with E-state index in [0.29, 0.717) is 0 Å². The fourth-order valence-electron chi connectivity index (χ4n) is 1.52. The molecule has 0 bridgehead atoms. The molecule has 0 spiro atoms. The summed E-state index contributed by atoms with van der Waals surface area (Å²) in [5.74, 6) is -0.0738. The van der Waals surface area contributed by atoms with Crippen LogP contribution in [0.2, 0.25) is 0 Å². The van der Waals surface area contributed by atoms with E-state index in [4.69, 9.17) is 0 Å². The van der Waals surface area contributed by atoms with Crippen LogP contribution in [0.1, 0.15) is 5.56 Å². The molecular weight excluding hydrogens is 226 g/mol. The number of halogens is 2. The van der Waals surface area contributed by atoms with Crippen molar-refractivity contribution in [3.63, 3.8) is 0 Å². The largest absolute Gasteiger partial charge is 0.417 e. The molecule has 0 unspecified atom stereocenters. The van der Waals surface area contributed by atoms with Crippen molar-refractivity contribution < 1.29 is 13.5 Å². The zero-order valence-electron chi connectivity index (χ0n) is 9.10. The summed E-state index contributed by atoms with van der Waals surface area (Å²) in [6.45, 7) is -1.04. The molecule has 0 fully saturated rings. The molecule has 0 aliphatic heterocycles. The first-order valence-electron chi connectivity index (χ1n) is 4.98. The van der Waals surface area contributed by atoms with Gasteiger partial charge in [-0.2, -0.15) is 8.78 Å². The second kappa shape index (κ2) is 4.86. The Balaban J connectivity index is 2.32. The maximum Gasteiger partial charge on any atom is 0.388 e. The van der Waals surface area contributed by atoms with Gasteiger partial charge in [-0.25, -0.2) is 4.98 Å². The van der Waals surface area contributed by atoms with E-state index >= 15 is 0 Å². The van der Waals surface area contributed by atoms with Gasteiger partial charge in [0, 0.05) is 30.2 Å². The number of pyridine rings is 2. The number of aromatic nitrogens is 2. The number of hydrogen-bond acceptors (Lipinski definition) is 3. The van der Waals surface area contributed by atoms with Gasteiger partial charge in [-0.3, -0.25) is 4.98 Å². The standard InChI is InChI=1S/C12H10F2N2O/c1-8-6-11(17-12(13)14)16-7-10(8)9-2-4-15-5-3-9/h2-7,12H,1H3. The molecule has 0 saturated carbocycles. The average Bonchev–Trinajstić information content (AvgIpc) is 2.29. The van der Waals surface area contributed by atoms with Crippen LogP contribution in [0.4, 0.5) is 8.78 Å². The summed E-state index contributed by atoms with van der Waals surface area (Å²) in [6.07, 6.45) is 4.85. The van der Waals surface area contributed by atoms with E-state index in [2.05, 4.69) is 14.7 Å². The molecule has 0 saturated heterocycles. The van der Waals surface area contributed by atoms with Crippen molar-refractivity contribution in [2.24, 2.45) is 0 Å². The molecular formula is C12H10F2N2O. The first-order chi connectivity index (χ1) is 8.16. The molecule has 2 heterocycles. The molecule has 17 heavy (non-hydrogen) atoms. The third-order valence-corrected chi connectivity index (χ3v) is 2.29. The van der Waals surface area contributed by atoms with Crippen molar-refractivity contribution in [3.05, 3.63) is 42.4 Å². The Labute approximate surface area is 97.1 Å². The minimum atomic E-state index is -2.85. The van der Waals surface area contributed by atoms with Gasteiger partial charge in [-0.05, 0) is 30.2 Å². The SMILES string of the molecule is Cc1cc(OC(F)F)ncc1-c1ccncc1. The van der Waals surface area contributed by atoms with E-state index in [9.17, 15) is 8.78 Å². The number of rotatable bonds is 3. The highest BCUT2D eigenvalue weighted by molar-refractivity contribution is 5.65. The Kier molecular flexibility index (Phi) is 3.27. The first kappa shape index (κ1) is 11.4. The number of hydrogen-bond donors (Lipinski definition) is 0. The summed E-state index contributed by atoms with van der Waals surface area (Å²) in [6, 6.07) is 5.15. The summed E-state index contributed by atoms with van der Waals surface area (Å²) >= 11 is 0. The highest BCUT2D eigenvalue weighted by atomic mass is 19.3. The predicted molar refractivity (Wildman–Crippen MR) is 58.8 cm³/mol. The molecule has 88 valence electrons. The Morgan fingerprint density at radius 1 is 1.24 bits per heavy atom. The number of aryl methyl sites for hydroxylation is 1. The average molecular weight is 236 g/mol. The van der Waals surface area contributed by atoms with Crippen molar-refractivity contribution in [1.29, 1.82) is 0 Å². The van der Waals surface area contributed by atoms with Crippen molar-refractivity contribution in [1.82, 2.24) is 9.97 Å². The van der Waals surface area contributed by atoms with Gasteiger partial charge in [0.1, 0.15) is 0 Å². The molecule has 0 amide bonds. The second-order valence-electron chi connectivity index (χ2n) is 3.45.